The van der Waals surface area contributed by atoms with Gasteiger partial charge in [0.2, 0.25) is 0 Å². The summed E-state index contributed by atoms with van der Waals surface area (Å²) >= 11 is 0. The summed E-state index contributed by atoms with van der Waals surface area (Å²) in [7, 11) is 1.82. The quantitative estimate of drug-likeness (QED) is 0.753. The van der Waals surface area contributed by atoms with Crippen molar-refractivity contribution in [3.05, 3.63) is 5.82 Å². The Kier molecular flexibility index (Phi) is 2.02. The van der Waals surface area contributed by atoms with Crippen LogP contribution < -0.4 is 5.32 Å². The molecule has 5 nitrogen and oxygen atoms in total. The van der Waals surface area contributed by atoms with Crippen molar-refractivity contribution in [3.8, 4) is 0 Å². The molecule has 1 aromatic heterocycles. The number of tetrazole rings is 1. The standard InChI is InChI=1S/C10H17N5/c1-15-13-9(12-14-15)6-10(4-5-10)7-11-8-2-3-8/h8,11H,2-7H2,1H3. The highest BCUT2D eigenvalue weighted by Crippen LogP contribution is 2.47. The van der Waals surface area contributed by atoms with Crippen LogP contribution in [0.3, 0.4) is 0 Å². The average molecular weight is 207 g/mol. The molecule has 2 aliphatic carbocycles. The van der Waals surface area contributed by atoms with Gasteiger partial charge in [0.1, 0.15) is 0 Å². The highest BCUT2D eigenvalue weighted by Gasteiger charge is 2.44. The molecule has 5 heteroatoms. The molecule has 0 unspecified atom stereocenters. The van der Waals surface area contributed by atoms with Crippen LogP contribution >= 0.6 is 0 Å². The number of rotatable bonds is 5. The van der Waals surface area contributed by atoms with Crippen molar-refractivity contribution in [2.45, 2.75) is 38.1 Å². The molecule has 1 N–H and O–H groups in total. The van der Waals surface area contributed by atoms with Crippen molar-refractivity contribution in [3.63, 3.8) is 0 Å². The summed E-state index contributed by atoms with van der Waals surface area (Å²) in [6.45, 7) is 1.13. The van der Waals surface area contributed by atoms with Gasteiger partial charge in [0.05, 0.1) is 7.05 Å². The summed E-state index contributed by atoms with van der Waals surface area (Å²) in [6.07, 6.45) is 6.33. The number of nitrogens with one attached hydrogen (secondary N) is 1. The van der Waals surface area contributed by atoms with E-state index in [9.17, 15) is 0 Å². The second-order valence-electron chi connectivity index (χ2n) is 5.03. The van der Waals surface area contributed by atoms with E-state index in [1.165, 1.54) is 25.7 Å². The zero-order chi connectivity index (χ0) is 10.3. The lowest BCUT2D eigenvalue weighted by Crippen LogP contribution is -2.27. The van der Waals surface area contributed by atoms with Gasteiger partial charge < -0.3 is 5.32 Å². The van der Waals surface area contributed by atoms with Gasteiger partial charge in [-0.15, -0.1) is 10.2 Å². The van der Waals surface area contributed by atoms with Crippen LogP contribution in [0.4, 0.5) is 0 Å². The topological polar surface area (TPSA) is 55.6 Å². The average Bonchev–Trinajstić information content (AvgIpc) is 3.08. The highest BCUT2D eigenvalue weighted by atomic mass is 15.6. The minimum atomic E-state index is 0.450. The second kappa shape index (κ2) is 3.27. The maximum absolute atomic E-state index is 4.25. The van der Waals surface area contributed by atoms with E-state index in [0.29, 0.717) is 5.41 Å². The molecule has 0 radical (unpaired) electrons. The van der Waals surface area contributed by atoms with Gasteiger partial charge in [-0.25, -0.2) is 0 Å². The number of hydrogen-bond acceptors (Lipinski definition) is 4. The summed E-state index contributed by atoms with van der Waals surface area (Å²) in [6, 6.07) is 0.803. The van der Waals surface area contributed by atoms with Crippen molar-refractivity contribution in [2.75, 3.05) is 6.54 Å². The summed E-state index contributed by atoms with van der Waals surface area (Å²) in [4.78, 5) is 1.54. The van der Waals surface area contributed by atoms with Crippen LogP contribution in [0, 0.1) is 5.41 Å². The molecule has 15 heavy (non-hydrogen) atoms. The number of nitrogens with zero attached hydrogens (tertiary/aromatic N) is 4. The van der Waals surface area contributed by atoms with Crippen LogP contribution in [0.2, 0.25) is 0 Å². The first-order chi connectivity index (χ1) is 7.26. The molecule has 0 spiro atoms. The SMILES string of the molecule is Cn1nnc(CC2(CNC3CC3)CC2)n1. The molecule has 0 bridgehead atoms. The van der Waals surface area contributed by atoms with Crippen molar-refractivity contribution in [2.24, 2.45) is 12.5 Å². The van der Waals surface area contributed by atoms with Crippen LogP contribution in [0.15, 0.2) is 0 Å². The maximum atomic E-state index is 4.25. The Hall–Kier alpha value is -0.970. The first-order valence-corrected chi connectivity index (χ1v) is 5.72. The normalized spacial score (nSPS) is 23.0. The van der Waals surface area contributed by atoms with E-state index in [-0.39, 0.29) is 0 Å². The number of hydrogen-bond donors (Lipinski definition) is 1. The Balaban J connectivity index is 1.56. The van der Waals surface area contributed by atoms with Gasteiger partial charge in [-0.05, 0) is 36.3 Å². The van der Waals surface area contributed by atoms with Crippen LogP contribution in [0.5, 0.6) is 0 Å². The summed E-state index contributed by atoms with van der Waals surface area (Å²) in [5.41, 5.74) is 0.450. The molecular formula is C10H17N5. The van der Waals surface area contributed by atoms with Gasteiger partial charge in [0.15, 0.2) is 5.82 Å². The molecule has 0 saturated heterocycles. The molecular weight excluding hydrogens is 190 g/mol. The largest absolute Gasteiger partial charge is 0.313 e. The third-order valence-electron chi connectivity index (χ3n) is 3.38. The molecule has 0 aromatic carbocycles. The Labute approximate surface area is 89.2 Å². The fraction of sp³-hybridized carbons (Fsp3) is 0.900. The highest BCUT2D eigenvalue weighted by molar-refractivity contribution is 5.02. The maximum Gasteiger partial charge on any atom is 0.175 e. The first-order valence-electron chi connectivity index (χ1n) is 5.72. The fourth-order valence-electron chi connectivity index (χ4n) is 1.97. The van der Waals surface area contributed by atoms with Crippen molar-refractivity contribution >= 4 is 0 Å². The molecule has 2 aliphatic rings. The van der Waals surface area contributed by atoms with E-state index in [4.69, 9.17) is 0 Å². The molecule has 2 fully saturated rings. The van der Waals surface area contributed by atoms with Crippen molar-refractivity contribution in [1.29, 1.82) is 0 Å². The monoisotopic (exact) mass is 207 g/mol. The van der Waals surface area contributed by atoms with E-state index < -0.39 is 0 Å². The minimum Gasteiger partial charge on any atom is -0.313 e. The zero-order valence-corrected chi connectivity index (χ0v) is 9.11. The fourth-order valence-corrected chi connectivity index (χ4v) is 1.97. The molecule has 1 heterocycles. The minimum absolute atomic E-state index is 0.450. The van der Waals surface area contributed by atoms with E-state index in [1.54, 1.807) is 4.80 Å². The third-order valence-corrected chi connectivity index (χ3v) is 3.38. The lowest BCUT2D eigenvalue weighted by Gasteiger charge is -2.13. The lowest BCUT2D eigenvalue weighted by molar-refractivity contribution is 0.443. The van der Waals surface area contributed by atoms with E-state index in [1.807, 2.05) is 7.05 Å². The second-order valence-corrected chi connectivity index (χ2v) is 5.03. The van der Waals surface area contributed by atoms with Gasteiger partial charge in [-0.3, -0.25) is 0 Å². The Morgan fingerprint density at radius 1 is 1.47 bits per heavy atom. The summed E-state index contributed by atoms with van der Waals surface area (Å²) in [5, 5.41) is 15.8. The Morgan fingerprint density at radius 2 is 2.27 bits per heavy atom. The van der Waals surface area contributed by atoms with Gasteiger partial charge in [-0.2, -0.15) is 4.80 Å². The van der Waals surface area contributed by atoms with Crippen molar-refractivity contribution < 1.29 is 0 Å². The van der Waals surface area contributed by atoms with Gasteiger partial charge >= 0.3 is 0 Å². The van der Waals surface area contributed by atoms with Crippen LogP contribution in [0.1, 0.15) is 31.5 Å². The van der Waals surface area contributed by atoms with Crippen LogP contribution in [-0.4, -0.2) is 32.8 Å². The summed E-state index contributed by atoms with van der Waals surface area (Å²) in [5.74, 6) is 0.896. The lowest BCUT2D eigenvalue weighted by atomic mass is 10.0. The molecule has 0 atom stereocenters. The molecule has 82 valence electrons. The predicted molar refractivity (Wildman–Crippen MR) is 55.2 cm³/mol. The van der Waals surface area contributed by atoms with E-state index in [0.717, 1.165) is 24.8 Å². The Bertz CT molecular complexity index is 350. The number of aryl methyl sites for hydroxylation is 1. The van der Waals surface area contributed by atoms with E-state index in [2.05, 4.69) is 20.7 Å². The van der Waals surface area contributed by atoms with Gasteiger partial charge in [0.25, 0.3) is 0 Å². The van der Waals surface area contributed by atoms with Gasteiger partial charge in [-0.1, -0.05) is 0 Å². The molecule has 0 amide bonds. The summed E-state index contributed by atoms with van der Waals surface area (Å²) < 4.78 is 0. The van der Waals surface area contributed by atoms with E-state index >= 15 is 0 Å². The van der Waals surface area contributed by atoms with Gasteiger partial charge in [0, 0.05) is 19.0 Å². The van der Waals surface area contributed by atoms with Crippen molar-refractivity contribution in [1.82, 2.24) is 25.5 Å². The first kappa shape index (κ1) is 9.27. The zero-order valence-electron chi connectivity index (χ0n) is 9.11. The molecule has 2 saturated carbocycles. The molecule has 3 rings (SSSR count). The molecule has 0 aliphatic heterocycles. The smallest absolute Gasteiger partial charge is 0.175 e. The third kappa shape index (κ3) is 2.17. The number of aromatic nitrogens is 4. The van der Waals surface area contributed by atoms with Crippen LogP contribution in [-0.2, 0) is 13.5 Å². The molecule has 1 aromatic rings. The Morgan fingerprint density at radius 3 is 2.80 bits per heavy atom. The predicted octanol–water partition coefficient (Wildman–Crippen LogP) is 0.285. The van der Waals surface area contributed by atoms with Crippen LogP contribution in [0.25, 0.3) is 0 Å².